The van der Waals surface area contributed by atoms with Gasteiger partial charge in [-0.05, 0) is 26.4 Å². The molecule has 1 heterocycles. The highest BCUT2D eigenvalue weighted by Gasteiger charge is 2.18. The van der Waals surface area contributed by atoms with Crippen molar-refractivity contribution in [3.05, 3.63) is 0 Å². The first-order chi connectivity index (χ1) is 5.84. The average molecular weight is 173 g/mol. The third kappa shape index (κ3) is 3.09. The lowest BCUT2D eigenvalue weighted by molar-refractivity contribution is 0.0353. The van der Waals surface area contributed by atoms with Crippen LogP contribution in [0.5, 0.6) is 0 Å². The highest BCUT2D eigenvalue weighted by Crippen LogP contribution is 2.14. The van der Waals surface area contributed by atoms with Crippen LogP contribution in [-0.4, -0.2) is 49.5 Å². The van der Waals surface area contributed by atoms with Gasteiger partial charge < -0.3 is 14.7 Å². The summed E-state index contributed by atoms with van der Waals surface area (Å²) >= 11 is 0. The summed E-state index contributed by atoms with van der Waals surface area (Å²) < 4.78 is 5.30. The predicted octanol–water partition coefficient (Wildman–Crippen LogP) is 0.480. The molecule has 0 radical (unpaired) electrons. The molecule has 0 amide bonds. The van der Waals surface area contributed by atoms with E-state index in [-0.39, 0.29) is 6.61 Å². The maximum Gasteiger partial charge on any atom is 0.0698 e. The molecular formula is C9H19NO2. The van der Waals surface area contributed by atoms with Crippen molar-refractivity contribution in [2.45, 2.75) is 25.3 Å². The number of likely N-dealkylation sites (N-methyl/N-ethyl adjacent to an activating group) is 1. The topological polar surface area (TPSA) is 32.7 Å². The lowest BCUT2D eigenvalue weighted by atomic mass is 10.0. The SMILES string of the molecule is CN1CCCCC1COCCO. The largest absolute Gasteiger partial charge is 0.394 e. The second-order valence-electron chi connectivity index (χ2n) is 3.43. The van der Waals surface area contributed by atoms with Crippen LogP contribution in [0.25, 0.3) is 0 Å². The summed E-state index contributed by atoms with van der Waals surface area (Å²) in [5, 5.41) is 8.52. The Morgan fingerprint density at radius 3 is 3.00 bits per heavy atom. The van der Waals surface area contributed by atoms with Crippen molar-refractivity contribution in [3.63, 3.8) is 0 Å². The number of rotatable bonds is 4. The van der Waals surface area contributed by atoms with Crippen molar-refractivity contribution < 1.29 is 9.84 Å². The van der Waals surface area contributed by atoms with Gasteiger partial charge in [0.2, 0.25) is 0 Å². The van der Waals surface area contributed by atoms with Gasteiger partial charge in [0.05, 0.1) is 19.8 Å². The molecule has 1 atom stereocenters. The molecule has 1 fully saturated rings. The molecular weight excluding hydrogens is 154 g/mol. The van der Waals surface area contributed by atoms with E-state index < -0.39 is 0 Å². The van der Waals surface area contributed by atoms with E-state index in [4.69, 9.17) is 9.84 Å². The van der Waals surface area contributed by atoms with E-state index in [1.807, 2.05) is 0 Å². The molecule has 0 saturated carbocycles. The highest BCUT2D eigenvalue weighted by molar-refractivity contribution is 4.73. The number of aliphatic hydroxyl groups is 1. The summed E-state index contributed by atoms with van der Waals surface area (Å²) in [4.78, 5) is 2.35. The number of hydrogen-bond donors (Lipinski definition) is 1. The van der Waals surface area contributed by atoms with Crippen molar-refractivity contribution in [1.82, 2.24) is 4.90 Å². The highest BCUT2D eigenvalue weighted by atomic mass is 16.5. The minimum Gasteiger partial charge on any atom is -0.394 e. The monoisotopic (exact) mass is 173 g/mol. The van der Waals surface area contributed by atoms with E-state index in [9.17, 15) is 0 Å². The van der Waals surface area contributed by atoms with Crippen molar-refractivity contribution in [2.24, 2.45) is 0 Å². The molecule has 0 aromatic carbocycles. The Morgan fingerprint density at radius 1 is 1.50 bits per heavy atom. The number of likely N-dealkylation sites (tertiary alicyclic amines) is 1. The van der Waals surface area contributed by atoms with Gasteiger partial charge in [-0.15, -0.1) is 0 Å². The molecule has 72 valence electrons. The maximum atomic E-state index is 8.52. The first-order valence-corrected chi connectivity index (χ1v) is 4.73. The van der Waals surface area contributed by atoms with Crippen molar-refractivity contribution in [2.75, 3.05) is 33.4 Å². The van der Waals surface area contributed by atoms with Gasteiger partial charge >= 0.3 is 0 Å². The number of aliphatic hydroxyl groups excluding tert-OH is 1. The maximum absolute atomic E-state index is 8.52. The fourth-order valence-corrected chi connectivity index (χ4v) is 1.64. The molecule has 12 heavy (non-hydrogen) atoms. The van der Waals surface area contributed by atoms with Crippen molar-refractivity contribution in [3.8, 4) is 0 Å². The predicted molar refractivity (Wildman–Crippen MR) is 48.2 cm³/mol. The third-order valence-electron chi connectivity index (χ3n) is 2.47. The van der Waals surface area contributed by atoms with Crippen LogP contribution in [0.15, 0.2) is 0 Å². The Kier molecular flexibility index (Phi) is 4.58. The first-order valence-electron chi connectivity index (χ1n) is 4.73. The van der Waals surface area contributed by atoms with Gasteiger partial charge in [-0.2, -0.15) is 0 Å². The van der Waals surface area contributed by atoms with E-state index in [2.05, 4.69) is 11.9 Å². The molecule has 1 saturated heterocycles. The van der Waals surface area contributed by atoms with Gasteiger partial charge in [0.1, 0.15) is 0 Å². The molecule has 3 nitrogen and oxygen atoms in total. The molecule has 1 N–H and O–H groups in total. The van der Waals surface area contributed by atoms with Crippen LogP contribution >= 0.6 is 0 Å². The molecule has 3 heteroatoms. The second kappa shape index (κ2) is 5.51. The standard InChI is InChI=1S/C9H19NO2/c1-10-5-3-2-4-9(10)8-12-7-6-11/h9,11H,2-8H2,1H3. The molecule has 1 aliphatic rings. The number of nitrogens with zero attached hydrogens (tertiary/aromatic N) is 1. The number of hydrogen-bond acceptors (Lipinski definition) is 3. The quantitative estimate of drug-likeness (QED) is 0.628. The van der Waals surface area contributed by atoms with Crippen LogP contribution in [0.4, 0.5) is 0 Å². The zero-order chi connectivity index (χ0) is 8.81. The molecule has 0 aromatic rings. The van der Waals surface area contributed by atoms with Crippen LogP contribution in [0, 0.1) is 0 Å². The molecule has 1 aliphatic heterocycles. The minimum absolute atomic E-state index is 0.135. The summed E-state index contributed by atoms with van der Waals surface area (Å²) in [6.45, 7) is 2.57. The zero-order valence-corrected chi connectivity index (χ0v) is 7.83. The third-order valence-corrected chi connectivity index (χ3v) is 2.47. The number of ether oxygens (including phenoxy) is 1. The Hall–Kier alpha value is -0.120. The first kappa shape index (κ1) is 9.96. The molecule has 0 aliphatic carbocycles. The lowest BCUT2D eigenvalue weighted by Gasteiger charge is -2.32. The normalized spacial score (nSPS) is 26.0. The van der Waals surface area contributed by atoms with Crippen LogP contribution < -0.4 is 0 Å². The molecule has 0 spiro atoms. The van der Waals surface area contributed by atoms with Gasteiger partial charge in [0.25, 0.3) is 0 Å². The molecule has 1 unspecified atom stereocenters. The van der Waals surface area contributed by atoms with Gasteiger partial charge in [-0.25, -0.2) is 0 Å². The molecule has 0 bridgehead atoms. The smallest absolute Gasteiger partial charge is 0.0698 e. The summed E-state index contributed by atoms with van der Waals surface area (Å²) in [5.74, 6) is 0. The molecule has 0 aromatic heterocycles. The van der Waals surface area contributed by atoms with Crippen molar-refractivity contribution in [1.29, 1.82) is 0 Å². The van der Waals surface area contributed by atoms with E-state index in [0.29, 0.717) is 12.6 Å². The van der Waals surface area contributed by atoms with Crippen LogP contribution in [0.1, 0.15) is 19.3 Å². The summed E-state index contributed by atoms with van der Waals surface area (Å²) in [5.41, 5.74) is 0. The Balaban J connectivity index is 2.11. The summed E-state index contributed by atoms with van der Waals surface area (Å²) in [6, 6.07) is 0.574. The number of piperidine rings is 1. The van der Waals surface area contributed by atoms with Crippen LogP contribution in [-0.2, 0) is 4.74 Å². The Bertz CT molecular complexity index is 119. The fraction of sp³-hybridized carbons (Fsp3) is 1.00. The summed E-state index contributed by atoms with van der Waals surface area (Å²) in [6.07, 6.45) is 3.87. The van der Waals surface area contributed by atoms with Gasteiger partial charge in [0, 0.05) is 6.04 Å². The van der Waals surface area contributed by atoms with E-state index in [1.54, 1.807) is 0 Å². The Morgan fingerprint density at radius 2 is 2.33 bits per heavy atom. The second-order valence-corrected chi connectivity index (χ2v) is 3.43. The van der Waals surface area contributed by atoms with Crippen LogP contribution in [0.2, 0.25) is 0 Å². The summed E-state index contributed by atoms with van der Waals surface area (Å²) in [7, 11) is 2.14. The van der Waals surface area contributed by atoms with E-state index in [0.717, 1.165) is 6.61 Å². The van der Waals surface area contributed by atoms with Crippen molar-refractivity contribution >= 4 is 0 Å². The zero-order valence-electron chi connectivity index (χ0n) is 7.83. The van der Waals surface area contributed by atoms with E-state index in [1.165, 1.54) is 25.8 Å². The minimum atomic E-state index is 0.135. The molecule has 1 rings (SSSR count). The Labute approximate surface area is 74.3 Å². The van der Waals surface area contributed by atoms with Crippen LogP contribution in [0.3, 0.4) is 0 Å². The van der Waals surface area contributed by atoms with Gasteiger partial charge in [0.15, 0.2) is 0 Å². The van der Waals surface area contributed by atoms with E-state index >= 15 is 0 Å². The fourth-order valence-electron chi connectivity index (χ4n) is 1.64. The van der Waals surface area contributed by atoms with Gasteiger partial charge in [-0.3, -0.25) is 0 Å². The average Bonchev–Trinajstić information content (AvgIpc) is 2.09. The lowest BCUT2D eigenvalue weighted by Crippen LogP contribution is -2.39. The van der Waals surface area contributed by atoms with Gasteiger partial charge in [-0.1, -0.05) is 6.42 Å².